The van der Waals surface area contributed by atoms with E-state index in [2.05, 4.69) is 31.9 Å². The number of nitrogens with one attached hydrogen (secondary N) is 3. The fourth-order valence-electron chi connectivity index (χ4n) is 1.91. The van der Waals surface area contributed by atoms with Crippen molar-refractivity contribution in [1.29, 1.82) is 0 Å². The lowest BCUT2D eigenvalue weighted by Crippen LogP contribution is -2.22. The molecular formula is C18H20BrN3O2. The molecule has 0 heterocycles. The molecule has 6 heteroatoms. The molecule has 0 spiro atoms. The van der Waals surface area contributed by atoms with Crippen molar-refractivity contribution >= 4 is 44.8 Å². The van der Waals surface area contributed by atoms with E-state index in [4.69, 9.17) is 0 Å². The third-order valence-corrected chi connectivity index (χ3v) is 3.76. The molecular weight excluding hydrogens is 370 g/mol. The Morgan fingerprint density at radius 3 is 2.29 bits per heavy atom. The second-order valence-corrected chi connectivity index (χ2v) is 6.55. The normalized spacial score (nSPS) is 10.3. The molecule has 0 aliphatic heterocycles. The van der Waals surface area contributed by atoms with Gasteiger partial charge in [0.15, 0.2) is 0 Å². The molecule has 0 saturated heterocycles. The number of carbonyl (C=O) groups excluding carboxylic acids is 2. The minimum absolute atomic E-state index is 0.0415. The van der Waals surface area contributed by atoms with E-state index in [1.807, 2.05) is 56.3 Å². The summed E-state index contributed by atoms with van der Waals surface area (Å²) in [5, 5.41) is 8.69. The first-order valence-electron chi connectivity index (χ1n) is 7.64. The van der Waals surface area contributed by atoms with E-state index in [-0.39, 0.29) is 24.3 Å². The summed E-state index contributed by atoms with van der Waals surface area (Å²) < 4.78 is 0.957. The zero-order valence-electron chi connectivity index (χ0n) is 13.6. The molecule has 0 fully saturated rings. The molecule has 0 radical (unpaired) electrons. The number of carbonyl (C=O) groups is 2. The van der Waals surface area contributed by atoms with Crippen LogP contribution >= 0.6 is 15.9 Å². The van der Waals surface area contributed by atoms with Crippen LogP contribution in [0.15, 0.2) is 53.0 Å². The van der Waals surface area contributed by atoms with Crippen LogP contribution < -0.4 is 16.0 Å². The maximum atomic E-state index is 12.0. The lowest BCUT2D eigenvalue weighted by atomic mass is 10.2. The van der Waals surface area contributed by atoms with E-state index in [1.165, 1.54) is 0 Å². The Balaban J connectivity index is 1.88. The molecule has 0 saturated carbocycles. The van der Waals surface area contributed by atoms with Crippen molar-refractivity contribution in [3.05, 3.63) is 53.0 Å². The van der Waals surface area contributed by atoms with Crippen LogP contribution in [0.4, 0.5) is 17.1 Å². The van der Waals surface area contributed by atoms with E-state index in [0.717, 1.165) is 15.8 Å². The molecule has 0 atom stereocenters. The zero-order valence-corrected chi connectivity index (χ0v) is 15.2. The molecule has 0 unspecified atom stereocenters. The molecule has 0 bridgehead atoms. The Morgan fingerprint density at radius 1 is 0.958 bits per heavy atom. The molecule has 2 amide bonds. The maximum absolute atomic E-state index is 12.0. The van der Waals surface area contributed by atoms with Gasteiger partial charge in [-0.1, -0.05) is 35.8 Å². The molecule has 0 aliphatic carbocycles. The van der Waals surface area contributed by atoms with Crippen molar-refractivity contribution in [2.24, 2.45) is 5.92 Å². The summed E-state index contributed by atoms with van der Waals surface area (Å²) in [5.74, 6) is -0.271. The highest BCUT2D eigenvalue weighted by Gasteiger charge is 2.07. The minimum Gasteiger partial charge on any atom is -0.376 e. The van der Waals surface area contributed by atoms with Crippen molar-refractivity contribution in [3.8, 4) is 0 Å². The molecule has 0 aliphatic rings. The van der Waals surface area contributed by atoms with E-state index >= 15 is 0 Å². The fourth-order valence-corrected chi connectivity index (χ4v) is 2.18. The summed E-state index contributed by atoms with van der Waals surface area (Å²) in [6, 6.07) is 14.7. The van der Waals surface area contributed by atoms with E-state index < -0.39 is 0 Å². The second-order valence-electron chi connectivity index (χ2n) is 5.63. The van der Waals surface area contributed by atoms with Crippen LogP contribution in [0.5, 0.6) is 0 Å². The third kappa shape index (κ3) is 5.70. The monoisotopic (exact) mass is 389 g/mol. The van der Waals surface area contributed by atoms with Crippen molar-refractivity contribution < 1.29 is 9.59 Å². The average Bonchev–Trinajstić information content (AvgIpc) is 2.55. The Labute approximate surface area is 150 Å². The van der Waals surface area contributed by atoms with Crippen LogP contribution in [0, 0.1) is 5.92 Å². The van der Waals surface area contributed by atoms with Gasteiger partial charge in [0.25, 0.3) is 0 Å². The van der Waals surface area contributed by atoms with Gasteiger partial charge in [0.05, 0.1) is 6.54 Å². The number of anilines is 3. The lowest BCUT2D eigenvalue weighted by molar-refractivity contribution is -0.119. The minimum atomic E-state index is -0.144. The number of amides is 2. The first kappa shape index (κ1) is 18.0. The SMILES string of the molecule is CC(C)C(=O)Nc1cccc(NCC(=O)Nc2ccc(Br)cc2)c1. The van der Waals surface area contributed by atoms with E-state index in [9.17, 15) is 9.59 Å². The number of hydrogen-bond donors (Lipinski definition) is 3. The van der Waals surface area contributed by atoms with Gasteiger partial charge in [-0.2, -0.15) is 0 Å². The molecule has 126 valence electrons. The zero-order chi connectivity index (χ0) is 17.5. The van der Waals surface area contributed by atoms with Gasteiger partial charge in [0.2, 0.25) is 11.8 Å². The second kappa shape index (κ2) is 8.49. The molecule has 3 N–H and O–H groups in total. The highest BCUT2D eigenvalue weighted by atomic mass is 79.9. The highest BCUT2D eigenvalue weighted by Crippen LogP contribution is 2.16. The topological polar surface area (TPSA) is 70.2 Å². The molecule has 5 nitrogen and oxygen atoms in total. The quantitative estimate of drug-likeness (QED) is 0.696. The van der Waals surface area contributed by atoms with Crippen LogP contribution in [0.1, 0.15) is 13.8 Å². The summed E-state index contributed by atoms with van der Waals surface area (Å²) >= 11 is 3.35. The number of halogens is 1. The molecule has 24 heavy (non-hydrogen) atoms. The largest absolute Gasteiger partial charge is 0.376 e. The van der Waals surface area contributed by atoms with Gasteiger partial charge in [-0.15, -0.1) is 0 Å². The molecule has 2 rings (SSSR count). The van der Waals surface area contributed by atoms with Crippen LogP contribution in [-0.2, 0) is 9.59 Å². The van der Waals surface area contributed by atoms with Crippen molar-refractivity contribution in [1.82, 2.24) is 0 Å². The van der Waals surface area contributed by atoms with Crippen molar-refractivity contribution in [2.45, 2.75) is 13.8 Å². The maximum Gasteiger partial charge on any atom is 0.243 e. The van der Waals surface area contributed by atoms with Gasteiger partial charge in [-0.25, -0.2) is 0 Å². The van der Waals surface area contributed by atoms with Gasteiger partial charge >= 0.3 is 0 Å². The summed E-state index contributed by atoms with van der Waals surface area (Å²) in [6.45, 7) is 3.81. The highest BCUT2D eigenvalue weighted by molar-refractivity contribution is 9.10. The molecule has 0 aromatic heterocycles. The first-order valence-corrected chi connectivity index (χ1v) is 8.43. The van der Waals surface area contributed by atoms with Gasteiger partial charge in [0.1, 0.15) is 0 Å². The third-order valence-electron chi connectivity index (χ3n) is 3.24. The number of hydrogen-bond acceptors (Lipinski definition) is 3. The summed E-state index contributed by atoms with van der Waals surface area (Å²) in [7, 11) is 0. The van der Waals surface area contributed by atoms with Crippen LogP contribution in [0.3, 0.4) is 0 Å². The Hall–Kier alpha value is -2.34. The number of benzene rings is 2. The Kier molecular flexibility index (Phi) is 6.37. The van der Waals surface area contributed by atoms with E-state index in [0.29, 0.717) is 5.69 Å². The van der Waals surface area contributed by atoms with Crippen LogP contribution in [-0.4, -0.2) is 18.4 Å². The molecule has 2 aromatic carbocycles. The summed E-state index contributed by atoms with van der Waals surface area (Å²) in [6.07, 6.45) is 0. The van der Waals surface area contributed by atoms with Crippen molar-refractivity contribution in [2.75, 3.05) is 22.5 Å². The van der Waals surface area contributed by atoms with E-state index in [1.54, 1.807) is 6.07 Å². The standard InChI is InChI=1S/C18H20BrN3O2/c1-12(2)18(24)22-16-5-3-4-15(10-16)20-11-17(23)21-14-8-6-13(19)7-9-14/h3-10,12,20H,11H2,1-2H3,(H,21,23)(H,22,24). The average molecular weight is 390 g/mol. The Bertz CT molecular complexity index is 714. The summed E-state index contributed by atoms with van der Waals surface area (Å²) in [4.78, 5) is 23.7. The summed E-state index contributed by atoms with van der Waals surface area (Å²) in [5.41, 5.74) is 2.21. The smallest absolute Gasteiger partial charge is 0.243 e. The predicted molar refractivity (Wildman–Crippen MR) is 101 cm³/mol. The van der Waals surface area contributed by atoms with Gasteiger partial charge in [0, 0.05) is 27.5 Å². The van der Waals surface area contributed by atoms with Crippen molar-refractivity contribution in [3.63, 3.8) is 0 Å². The van der Waals surface area contributed by atoms with Crippen LogP contribution in [0.25, 0.3) is 0 Å². The molecule has 2 aromatic rings. The van der Waals surface area contributed by atoms with Gasteiger partial charge in [-0.05, 0) is 42.5 Å². The van der Waals surface area contributed by atoms with Gasteiger partial charge < -0.3 is 16.0 Å². The first-order chi connectivity index (χ1) is 11.4. The fraction of sp³-hybridized carbons (Fsp3) is 0.222. The lowest BCUT2D eigenvalue weighted by Gasteiger charge is -2.11. The van der Waals surface area contributed by atoms with Crippen LogP contribution in [0.2, 0.25) is 0 Å². The Morgan fingerprint density at radius 2 is 1.62 bits per heavy atom. The number of rotatable bonds is 6. The van der Waals surface area contributed by atoms with Gasteiger partial charge in [-0.3, -0.25) is 9.59 Å². The predicted octanol–water partition coefficient (Wildman–Crippen LogP) is 4.09.